The second kappa shape index (κ2) is 7.99. The van der Waals surface area contributed by atoms with Crippen LogP contribution in [0.1, 0.15) is 24.5 Å². The molecule has 3 rings (SSSR count). The summed E-state index contributed by atoms with van der Waals surface area (Å²) in [5, 5.41) is 2.79. The Kier molecular flexibility index (Phi) is 5.51. The number of carbonyl (C=O) groups excluding carboxylic acids is 1. The number of hydrogen-bond acceptors (Lipinski definition) is 4. The van der Waals surface area contributed by atoms with Gasteiger partial charge in [0.05, 0.1) is 19.5 Å². The van der Waals surface area contributed by atoms with Crippen LogP contribution in [-0.4, -0.2) is 41.1 Å². The second-order valence-corrected chi connectivity index (χ2v) is 6.60. The molecular weight excluding hydrogens is 328 g/mol. The van der Waals surface area contributed by atoms with E-state index in [4.69, 9.17) is 4.74 Å². The van der Waals surface area contributed by atoms with Gasteiger partial charge in [-0.1, -0.05) is 48.4 Å². The first-order valence-corrected chi connectivity index (χ1v) is 8.74. The van der Waals surface area contributed by atoms with Crippen LogP contribution >= 0.6 is 0 Å². The van der Waals surface area contributed by atoms with Crippen LogP contribution in [0.2, 0.25) is 0 Å². The molecule has 6 nitrogen and oxygen atoms in total. The van der Waals surface area contributed by atoms with Gasteiger partial charge in [-0.2, -0.15) is 0 Å². The molecule has 2 heterocycles. The van der Waals surface area contributed by atoms with E-state index in [2.05, 4.69) is 59.5 Å². The molecule has 1 atom stereocenters. The maximum atomic E-state index is 12.5. The average Bonchev–Trinajstić information content (AvgIpc) is 2.64. The molecule has 1 unspecified atom stereocenters. The Bertz CT molecular complexity index is 802. The maximum absolute atomic E-state index is 12.5. The van der Waals surface area contributed by atoms with Crippen LogP contribution < -0.4 is 10.1 Å². The predicted molar refractivity (Wildman–Crippen MR) is 102 cm³/mol. The quantitative estimate of drug-likeness (QED) is 0.913. The lowest BCUT2D eigenvalue weighted by Gasteiger charge is -2.33. The summed E-state index contributed by atoms with van der Waals surface area (Å²) in [4.78, 5) is 22.5. The van der Waals surface area contributed by atoms with Crippen molar-refractivity contribution in [3.63, 3.8) is 0 Å². The number of amides is 2. The van der Waals surface area contributed by atoms with E-state index in [0.717, 1.165) is 6.42 Å². The van der Waals surface area contributed by atoms with E-state index in [-0.39, 0.29) is 6.03 Å². The molecule has 1 fully saturated rings. The van der Waals surface area contributed by atoms with Gasteiger partial charge in [0.2, 0.25) is 5.88 Å². The van der Waals surface area contributed by atoms with Crippen LogP contribution in [0.5, 0.6) is 5.88 Å². The number of urea groups is 1. The van der Waals surface area contributed by atoms with Crippen LogP contribution in [0.3, 0.4) is 0 Å². The zero-order chi connectivity index (χ0) is 18.5. The Morgan fingerprint density at radius 2 is 2.19 bits per heavy atom. The van der Waals surface area contributed by atoms with Crippen LogP contribution in [0, 0.1) is 12.8 Å². The van der Waals surface area contributed by atoms with Gasteiger partial charge >= 0.3 is 6.03 Å². The lowest BCUT2D eigenvalue weighted by Crippen LogP contribution is -2.42. The number of nitrogens with one attached hydrogen (secondary N) is 1. The van der Waals surface area contributed by atoms with E-state index >= 15 is 0 Å². The van der Waals surface area contributed by atoms with Crippen LogP contribution in [0.25, 0.3) is 6.08 Å². The van der Waals surface area contributed by atoms with Crippen LogP contribution in [0.4, 0.5) is 10.6 Å². The minimum Gasteiger partial charge on any atom is -0.480 e. The Morgan fingerprint density at radius 3 is 2.85 bits per heavy atom. The highest BCUT2D eigenvalue weighted by Crippen LogP contribution is 2.25. The summed E-state index contributed by atoms with van der Waals surface area (Å²) in [5.41, 5.74) is 3.85. The molecule has 2 aromatic rings. The fraction of sp³-hybridized carbons (Fsp3) is 0.350. The molecule has 6 heteroatoms. The van der Waals surface area contributed by atoms with Gasteiger partial charge in [-0.25, -0.2) is 14.8 Å². The number of hydrogen-bond donors (Lipinski definition) is 1. The first-order valence-electron chi connectivity index (χ1n) is 8.74. The van der Waals surface area contributed by atoms with Gasteiger partial charge in [0.15, 0.2) is 5.82 Å². The van der Waals surface area contributed by atoms with Gasteiger partial charge in [0.1, 0.15) is 0 Å². The number of rotatable bonds is 3. The molecule has 26 heavy (non-hydrogen) atoms. The van der Waals surface area contributed by atoms with Crippen molar-refractivity contribution in [1.29, 1.82) is 0 Å². The lowest BCUT2D eigenvalue weighted by molar-refractivity contribution is 0.197. The molecule has 0 radical (unpaired) electrons. The zero-order valence-electron chi connectivity index (χ0n) is 15.4. The van der Waals surface area contributed by atoms with Gasteiger partial charge < -0.3 is 9.64 Å². The molecule has 0 bridgehead atoms. The van der Waals surface area contributed by atoms with E-state index in [1.807, 2.05) is 4.90 Å². The van der Waals surface area contributed by atoms with E-state index in [1.165, 1.54) is 36.2 Å². The maximum Gasteiger partial charge on any atom is 0.323 e. The van der Waals surface area contributed by atoms with Crippen molar-refractivity contribution < 1.29 is 9.53 Å². The molecule has 1 aliphatic rings. The molecule has 1 saturated heterocycles. The topological polar surface area (TPSA) is 67.3 Å². The van der Waals surface area contributed by atoms with E-state index < -0.39 is 0 Å². The molecule has 1 aromatic carbocycles. The molecule has 1 N–H and O–H groups in total. The average molecular weight is 352 g/mol. The third-order valence-electron chi connectivity index (χ3n) is 4.55. The van der Waals surface area contributed by atoms with E-state index in [9.17, 15) is 4.79 Å². The standard InChI is InChI=1S/C20H24N4O2/c1-14-5-4-6-16(9-14)10-17-7-8-24(13-15(17)2)20(25)23-18-11-22-19(26-3)12-21-18/h4-6,9-12,15H,7-8,13H2,1-3H3,(H,21,23,25)/b17-10+. The molecule has 136 valence electrons. The molecular formula is C20H24N4O2. The normalized spacial score (nSPS) is 18.7. The molecule has 1 aliphatic heterocycles. The van der Waals surface area contributed by atoms with Crippen molar-refractivity contribution in [2.75, 3.05) is 25.5 Å². The third kappa shape index (κ3) is 4.39. The number of methoxy groups -OCH3 is 1. The Hall–Kier alpha value is -2.89. The van der Waals surface area contributed by atoms with Crippen molar-refractivity contribution in [3.8, 4) is 5.88 Å². The summed E-state index contributed by atoms with van der Waals surface area (Å²) in [6, 6.07) is 8.33. The second-order valence-electron chi connectivity index (χ2n) is 6.60. The number of benzene rings is 1. The number of anilines is 1. The number of likely N-dealkylation sites (tertiary alicyclic amines) is 1. The van der Waals surface area contributed by atoms with E-state index in [0.29, 0.717) is 30.7 Å². The zero-order valence-corrected chi connectivity index (χ0v) is 15.4. The van der Waals surface area contributed by atoms with Gasteiger partial charge in [-0.3, -0.25) is 5.32 Å². The largest absolute Gasteiger partial charge is 0.480 e. The fourth-order valence-electron chi connectivity index (χ4n) is 3.10. The number of aromatic nitrogens is 2. The van der Waals surface area contributed by atoms with Crippen molar-refractivity contribution >= 4 is 17.9 Å². The fourth-order valence-corrected chi connectivity index (χ4v) is 3.10. The summed E-state index contributed by atoms with van der Waals surface area (Å²) in [7, 11) is 1.53. The highest BCUT2D eigenvalue weighted by atomic mass is 16.5. The molecule has 2 amide bonds. The summed E-state index contributed by atoms with van der Waals surface area (Å²) < 4.78 is 4.97. The minimum atomic E-state index is -0.147. The Morgan fingerprint density at radius 1 is 1.35 bits per heavy atom. The third-order valence-corrected chi connectivity index (χ3v) is 4.55. The number of piperidine rings is 1. The Balaban J connectivity index is 1.61. The van der Waals surface area contributed by atoms with Crippen molar-refractivity contribution in [3.05, 3.63) is 53.4 Å². The summed E-state index contributed by atoms with van der Waals surface area (Å²) in [5.74, 6) is 1.15. The van der Waals surface area contributed by atoms with E-state index in [1.54, 1.807) is 0 Å². The summed E-state index contributed by atoms with van der Waals surface area (Å²) in [6.45, 7) is 5.64. The monoisotopic (exact) mass is 352 g/mol. The van der Waals surface area contributed by atoms with Gasteiger partial charge in [-0.15, -0.1) is 0 Å². The highest BCUT2D eigenvalue weighted by Gasteiger charge is 2.24. The molecule has 0 saturated carbocycles. The summed E-state index contributed by atoms with van der Waals surface area (Å²) in [6.07, 6.45) is 6.10. The number of nitrogens with zero attached hydrogens (tertiary/aromatic N) is 3. The lowest BCUT2D eigenvalue weighted by atomic mass is 9.91. The predicted octanol–water partition coefficient (Wildman–Crippen LogP) is 3.75. The number of carbonyl (C=O) groups is 1. The van der Waals surface area contributed by atoms with Crippen molar-refractivity contribution in [1.82, 2.24) is 14.9 Å². The van der Waals surface area contributed by atoms with Gasteiger partial charge in [-0.05, 0) is 24.8 Å². The molecule has 0 spiro atoms. The first kappa shape index (κ1) is 17.9. The van der Waals surface area contributed by atoms with Gasteiger partial charge in [0.25, 0.3) is 0 Å². The van der Waals surface area contributed by atoms with Gasteiger partial charge in [0, 0.05) is 13.1 Å². The highest BCUT2D eigenvalue weighted by molar-refractivity contribution is 5.88. The molecule has 0 aliphatic carbocycles. The number of ether oxygens (including phenoxy) is 1. The molecule has 1 aromatic heterocycles. The van der Waals surface area contributed by atoms with Crippen LogP contribution in [0.15, 0.2) is 42.2 Å². The first-order chi connectivity index (χ1) is 12.5. The smallest absolute Gasteiger partial charge is 0.323 e. The van der Waals surface area contributed by atoms with Crippen molar-refractivity contribution in [2.45, 2.75) is 20.3 Å². The van der Waals surface area contributed by atoms with Crippen LogP contribution in [-0.2, 0) is 0 Å². The SMILES string of the molecule is COc1cnc(NC(=O)N2CC/C(=C\c3cccc(C)c3)C(C)C2)cn1. The number of aryl methyl sites for hydroxylation is 1. The van der Waals surface area contributed by atoms with Crippen molar-refractivity contribution in [2.24, 2.45) is 5.92 Å². The minimum absolute atomic E-state index is 0.147. The Labute approximate surface area is 153 Å². The summed E-state index contributed by atoms with van der Waals surface area (Å²) >= 11 is 0.